The topological polar surface area (TPSA) is 114 Å². The van der Waals surface area contributed by atoms with Crippen molar-refractivity contribution in [3.63, 3.8) is 0 Å². The molecule has 2 heterocycles. The predicted octanol–water partition coefficient (Wildman–Crippen LogP) is 1.51. The summed E-state index contributed by atoms with van der Waals surface area (Å²) in [6.07, 6.45) is 0.0485. The number of rotatable bonds is 7. The van der Waals surface area contributed by atoms with Crippen LogP contribution in [0.3, 0.4) is 0 Å². The number of methoxy groups -OCH3 is 1. The van der Waals surface area contributed by atoms with Gasteiger partial charge in [0.25, 0.3) is 5.91 Å². The lowest BCUT2D eigenvalue weighted by Gasteiger charge is -2.36. The van der Waals surface area contributed by atoms with Gasteiger partial charge in [0, 0.05) is 26.2 Å². The molecule has 11 heteroatoms. The molecule has 2 saturated heterocycles. The minimum atomic E-state index is -3.77. The summed E-state index contributed by atoms with van der Waals surface area (Å²) in [5.41, 5.74) is 0.761. The zero-order chi connectivity index (χ0) is 25.2. The van der Waals surface area contributed by atoms with E-state index in [2.05, 4.69) is 0 Å². The van der Waals surface area contributed by atoms with Crippen molar-refractivity contribution < 1.29 is 32.3 Å². The molecule has 0 aliphatic carbocycles. The van der Waals surface area contributed by atoms with Crippen LogP contribution in [0.5, 0.6) is 5.75 Å². The summed E-state index contributed by atoms with van der Waals surface area (Å²) in [6.45, 7) is 2.93. The highest BCUT2D eigenvalue weighted by atomic mass is 32.2. The number of carbonyl (C=O) groups is 3. The Morgan fingerprint density at radius 1 is 0.971 bits per heavy atom. The summed E-state index contributed by atoms with van der Waals surface area (Å²) in [5, 5.41) is 0. The molecule has 2 aliphatic rings. The number of imide groups is 1. The van der Waals surface area contributed by atoms with E-state index in [0.29, 0.717) is 24.5 Å². The summed E-state index contributed by atoms with van der Waals surface area (Å²) in [6, 6.07) is 11.7. The molecule has 10 nitrogen and oxygen atoms in total. The molecule has 35 heavy (non-hydrogen) atoms. The average molecular weight is 502 g/mol. The molecule has 2 aromatic carbocycles. The van der Waals surface area contributed by atoms with Crippen LogP contribution in [0.1, 0.15) is 23.7 Å². The van der Waals surface area contributed by atoms with E-state index >= 15 is 0 Å². The Hall–Kier alpha value is -3.28. The van der Waals surface area contributed by atoms with Gasteiger partial charge in [-0.05, 0) is 55.5 Å². The van der Waals surface area contributed by atoms with Crippen LogP contribution in [-0.4, -0.2) is 81.3 Å². The molecule has 2 aliphatic heterocycles. The van der Waals surface area contributed by atoms with E-state index in [1.54, 1.807) is 31.2 Å². The lowest BCUT2D eigenvalue weighted by Crippen LogP contribution is -2.53. The first-order valence-corrected chi connectivity index (χ1v) is 12.7. The lowest BCUT2D eigenvalue weighted by molar-refractivity contribution is -0.123. The fourth-order valence-electron chi connectivity index (χ4n) is 4.29. The molecule has 0 N–H and O–H groups in total. The molecule has 2 amide bonds. The number of sulfonamides is 1. The van der Waals surface area contributed by atoms with Gasteiger partial charge in [0.2, 0.25) is 15.9 Å². The second kappa shape index (κ2) is 10.1. The van der Waals surface area contributed by atoms with Crippen molar-refractivity contribution in [2.45, 2.75) is 24.3 Å². The second-order valence-corrected chi connectivity index (χ2v) is 10.1. The first-order valence-electron chi connectivity index (χ1n) is 11.3. The van der Waals surface area contributed by atoms with Gasteiger partial charge in [-0.2, -0.15) is 4.31 Å². The van der Waals surface area contributed by atoms with Gasteiger partial charge in [-0.3, -0.25) is 14.5 Å². The SMILES string of the molecule is CCOC(=O)c1ccc(S(=O)(=O)N2CCN([C@@H]3CC(=O)N(c4ccc(OC)cc4)C3=O)CC2)cc1. The van der Waals surface area contributed by atoms with Crippen molar-refractivity contribution in [3.05, 3.63) is 54.1 Å². The molecule has 186 valence electrons. The first kappa shape index (κ1) is 24.8. The van der Waals surface area contributed by atoms with E-state index < -0.39 is 22.0 Å². The standard InChI is InChI=1S/C24H27N3O7S/c1-3-34-24(30)17-4-10-20(11-5-17)35(31,32)26-14-12-25(13-15-26)21-16-22(28)27(23(21)29)18-6-8-19(33-2)9-7-18/h4-11,21H,3,12-16H2,1-2H3/t21-/m1/s1. The Balaban J connectivity index is 1.40. The van der Waals surface area contributed by atoms with Crippen molar-refractivity contribution in [3.8, 4) is 5.75 Å². The third-order valence-electron chi connectivity index (χ3n) is 6.17. The highest BCUT2D eigenvalue weighted by molar-refractivity contribution is 7.89. The van der Waals surface area contributed by atoms with Crippen molar-refractivity contribution in [1.29, 1.82) is 0 Å². The summed E-state index contributed by atoms with van der Waals surface area (Å²) >= 11 is 0. The van der Waals surface area contributed by atoms with Crippen LogP contribution in [0.25, 0.3) is 0 Å². The Morgan fingerprint density at radius 2 is 1.60 bits per heavy atom. The molecular formula is C24H27N3O7S. The zero-order valence-electron chi connectivity index (χ0n) is 19.5. The van der Waals surface area contributed by atoms with E-state index in [1.807, 2.05) is 4.90 Å². The van der Waals surface area contributed by atoms with Gasteiger partial charge in [-0.1, -0.05) is 0 Å². The smallest absolute Gasteiger partial charge is 0.338 e. The quantitative estimate of drug-likeness (QED) is 0.414. The lowest BCUT2D eigenvalue weighted by atomic mass is 10.2. The maximum atomic E-state index is 13.1. The summed E-state index contributed by atoms with van der Waals surface area (Å²) in [5.74, 6) is -0.491. The molecule has 1 atom stereocenters. The molecule has 4 rings (SSSR count). The van der Waals surface area contributed by atoms with Crippen LogP contribution >= 0.6 is 0 Å². The van der Waals surface area contributed by atoms with Crippen LogP contribution in [-0.2, 0) is 24.3 Å². The fourth-order valence-corrected chi connectivity index (χ4v) is 5.71. The van der Waals surface area contributed by atoms with Crippen molar-refractivity contribution in [2.24, 2.45) is 0 Å². The predicted molar refractivity (Wildman–Crippen MR) is 127 cm³/mol. The summed E-state index contributed by atoms with van der Waals surface area (Å²) in [7, 11) is -2.23. The number of anilines is 1. The Kier molecular flexibility index (Phi) is 7.20. The number of amides is 2. The number of carbonyl (C=O) groups excluding carboxylic acids is 3. The monoisotopic (exact) mass is 501 g/mol. The average Bonchev–Trinajstić information content (AvgIpc) is 3.18. The molecule has 2 aromatic rings. The Bertz CT molecular complexity index is 1200. The largest absolute Gasteiger partial charge is 0.497 e. The van der Waals surface area contributed by atoms with E-state index in [1.165, 1.54) is 40.6 Å². The third kappa shape index (κ3) is 4.93. The van der Waals surface area contributed by atoms with Crippen LogP contribution < -0.4 is 9.64 Å². The van der Waals surface area contributed by atoms with E-state index in [4.69, 9.17) is 9.47 Å². The van der Waals surface area contributed by atoms with Crippen molar-refractivity contribution in [1.82, 2.24) is 9.21 Å². The number of piperazine rings is 1. The normalized spacial score (nSPS) is 19.7. The molecule has 0 unspecified atom stereocenters. The summed E-state index contributed by atoms with van der Waals surface area (Å²) in [4.78, 5) is 40.6. The molecule has 0 bridgehead atoms. The molecule has 0 aromatic heterocycles. The number of hydrogen-bond donors (Lipinski definition) is 0. The minimum absolute atomic E-state index is 0.0485. The van der Waals surface area contributed by atoms with Crippen molar-refractivity contribution in [2.75, 3.05) is 44.8 Å². The van der Waals surface area contributed by atoms with Crippen LogP contribution in [0.15, 0.2) is 53.4 Å². The van der Waals surface area contributed by atoms with Crippen LogP contribution in [0.4, 0.5) is 5.69 Å². The first-order chi connectivity index (χ1) is 16.8. The third-order valence-corrected chi connectivity index (χ3v) is 8.08. The Morgan fingerprint density at radius 3 is 2.17 bits per heavy atom. The second-order valence-electron chi connectivity index (χ2n) is 8.17. The van der Waals surface area contributed by atoms with Gasteiger partial charge < -0.3 is 9.47 Å². The number of esters is 1. The molecule has 0 saturated carbocycles. The summed E-state index contributed by atoms with van der Waals surface area (Å²) < 4.78 is 37.6. The van der Waals surface area contributed by atoms with E-state index in [-0.39, 0.29) is 48.4 Å². The van der Waals surface area contributed by atoms with Crippen LogP contribution in [0.2, 0.25) is 0 Å². The highest BCUT2D eigenvalue weighted by Gasteiger charge is 2.44. The maximum absolute atomic E-state index is 13.1. The number of ether oxygens (including phenoxy) is 2. The maximum Gasteiger partial charge on any atom is 0.338 e. The molecule has 2 fully saturated rings. The molecule has 0 spiro atoms. The van der Waals surface area contributed by atoms with Gasteiger partial charge >= 0.3 is 5.97 Å². The fraction of sp³-hybridized carbons (Fsp3) is 0.375. The van der Waals surface area contributed by atoms with E-state index in [0.717, 1.165) is 0 Å². The highest BCUT2D eigenvalue weighted by Crippen LogP contribution is 2.28. The van der Waals surface area contributed by atoms with E-state index in [9.17, 15) is 22.8 Å². The van der Waals surface area contributed by atoms with Gasteiger partial charge in [0.05, 0.1) is 42.3 Å². The van der Waals surface area contributed by atoms with Gasteiger partial charge in [-0.25, -0.2) is 18.1 Å². The number of benzene rings is 2. The van der Waals surface area contributed by atoms with Gasteiger partial charge in [0.15, 0.2) is 0 Å². The van der Waals surface area contributed by atoms with Gasteiger partial charge in [-0.15, -0.1) is 0 Å². The number of nitrogens with zero attached hydrogens (tertiary/aromatic N) is 3. The molecular weight excluding hydrogens is 474 g/mol. The van der Waals surface area contributed by atoms with Gasteiger partial charge in [0.1, 0.15) is 5.75 Å². The minimum Gasteiger partial charge on any atom is -0.497 e. The van der Waals surface area contributed by atoms with Crippen molar-refractivity contribution >= 4 is 33.5 Å². The molecule has 0 radical (unpaired) electrons. The van der Waals surface area contributed by atoms with Crippen LogP contribution in [0, 0.1) is 0 Å². The Labute approximate surface area is 204 Å². The zero-order valence-corrected chi connectivity index (χ0v) is 20.4. The number of hydrogen-bond acceptors (Lipinski definition) is 8.